The predicted octanol–water partition coefficient (Wildman–Crippen LogP) is 5.36. The Labute approximate surface area is 207 Å². The van der Waals surface area contributed by atoms with E-state index < -0.39 is 6.17 Å². The summed E-state index contributed by atoms with van der Waals surface area (Å²) < 4.78 is 0. The van der Waals surface area contributed by atoms with Crippen molar-refractivity contribution < 1.29 is 19.5 Å². The van der Waals surface area contributed by atoms with Crippen molar-refractivity contribution in [1.82, 2.24) is 4.90 Å². The fraction of sp³-hybridized carbons (Fsp3) is 0.222. The largest absolute Gasteiger partial charge is 0.506 e. The molecule has 0 spiro atoms. The first kappa shape index (κ1) is 22.9. The Morgan fingerprint density at radius 2 is 1.66 bits per heavy atom. The minimum atomic E-state index is -0.463. The van der Waals surface area contributed by atoms with Gasteiger partial charge in [-0.2, -0.15) is 0 Å². The van der Waals surface area contributed by atoms with Crippen LogP contribution in [0.4, 0.5) is 11.4 Å². The summed E-state index contributed by atoms with van der Waals surface area (Å²) in [5.74, 6) is -0.452. The van der Waals surface area contributed by atoms with Crippen molar-refractivity contribution in [2.45, 2.75) is 31.8 Å². The third-order valence-electron chi connectivity index (χ3n) is 6.42. The highest BCUT2D eigenvalue weighted by Gasteiger charge is 2.47. The number of fused-ring (bicyclic) bond motifs is 5. The second kappa shape index (κ2) is 9.43. The molecule has 0 radical (unpaired) electrons. The first-order chi connectivity index (χ1) is 17.0. The molecular weight excluding hydrogens is 466 g/mol. The van der Waals surface area contributed by atoms with E-state index in [1.54, 1.807) is 34.1 Å². The van der Waals surface area contributed by atoms with Gasteiger partial charge in [-0.05, 0) is 49.2 Å². The third-order valence-corrected chi connectivity index (χ3v) is 6.65. The van der Waals surface area contributed by atoms with Crippen LogP contribution in [0.5, 0.6) is 5.75 Å². The summed E-state index contributed by atoms with van der Waals surface area (Å²) in [4.78, 5) is 42.4. The number of hydrogen-bond donors (Lipinski definition) is 2. The van der Waals surface area contributed by atoms with E-state index >= 15 is 0 Å². The Kier molecular flexibility index (Phi) is 6.17. The maximum absolute atomic E-state index is 13.4. The highest BCUT2D eigenvalue weighted by molar-refractivity contribution is 6.31. The average molecular weight is 490 g/mol. The van der Waals surface area contributed by atoms with Gasteiger partial charge in [0.1, 0.15) is 11.9 Å². The molecular formula is C27H24ClN3O4. The zero-order valence-electron chi connectivity index (χ0n) is 18.9. The number of amides is 3. The summed E-state index contributed by atoms with van der Waals surface area (Å²) in [6.07, 6.45) is 1.85. The maximum atomic E-state index is 13.4. The van der Waals surface area contributed by atoms with Crippen molar-refractivity contribution in [3.63, 3.8) is 0 Å². The number of unbranched alkanes of at least 4 members (excludes halogenated alkanes) is 2. The first-order valence-electron chi connectivity index (χ1n) is 11.6. The molecule has 35 heavy (non-hydrogen) atoms. The van der Waals surface area contributed by atoms with E-state index in [-0.39, 0.29) is 35.6 Å². The number of benzene rings is 3. The Bertz CT molecular complexity index is 1330. The Hall–Kier alpha value is -3.84. The van der Waals surface area contributed by atoms with E-state index in [4.69, 9.17) is 11.6 Å². The molecule has 5 rings (SSSR count). The van der Waals surface area contributed by atoms with E-state index in [2.05, 4.69) is 5.32 Å². The summed E-state index contributed by atoms with van der Waals surface area (Å²) >= 11 is 5.92. The quantitative estimate of drug-likeness (QED) is 0.345. The molecule has 178 valence electrons. The molecule has 2 N–H and O–H groups in total. The van der Waals surface area contributed by atoms with Crippen LogP contribution in [0.15, 0.2) is 66.7 Å². The number of hydrogen-bond acceptors (Lipinski definition) is 4. The molecule has 2 aliphatic heterocycles. The van der Waals surface area contributed by atoms with E-state index in [1.807, 2.05) is 30.3 Å². The van der Waals surface area contributed by atoms with Gasteiger partial charge in [-0.15, -0.1) is 0 Å². The summed E-state index contributed by atoms with van der Waals surface area (Å²) in [6, 6.07) is 19.1. The maximum Gasteiger partial charge on any atom is 0.260 e. The molecule has 0 aromatic heterocycles. The van der Waals surface area contributed by atoms with Crippen molar-refractivity contribution in [3.05, 3.63) is 88.4 Å². The molecule has 8 heteroatoms. The number of para-hydroxylation sites is 1. The average Bonchev–Trinajstić information content (AvgIpc) is 3.16. The molecule has 7 nitrogen and oxygen atoms in total. The predicted molar refractivity (Wildman–Crippen MR) is 134 cm³/mol. The number of carbonyl (C=O) groups is 3. The molecule has 0 aliphatic carbocycles. The number of nitrogens with one attached hydrogen (secondary N) is 1. The number of anilines is 2. The number of halogens is 1. The lowest BCUT2D eigenvalue weighted by Crippen LogP contribution is -2.48. The second-order valence-electron chi connectivity index (χ2n) is 8.67. The van der Waals surface area contributed by atoms with Crippen LogP contribution in [0.3, 0.4) is 0 Å². The number of phenols is 1. The second-order valence-corrected chi connectivity index (χ2v) is 9.11. The summed E-state index contributed by atoms with van der Waals surface area (Å²) in [5.41, 5.74) is 2.89. The van der Waals surface area contributed by atoms with Gasteiger partial charge in [0.15, 0.2) is 0 Å². The molecule has 0 bridgehead atoms. The molecule has 3 amide bonds. The van der Waals surface area contributed by atoms with Gasteiger partial charge in [0.05, 0.1) is 16.9 Å². The van der Waals surface area contributed by atoms with Crippen LogP contribution in [0.25, 0.3) is 0 Å². The number of nitrogens with zero attached hydrogens (tertiary/aromatic N) is 2. The zero-order valence-corrected chi connectivity index (χ0v) is 19.7. The van der Waals surface area contributed by atoms with Crippen LogP contribution in [-0.4, -0.2) is 34.3 Å². The Balaban J connectivity index is 1.24. The fourth-order valence-electron chi connectivity index (χ4n) is 4.76. The standard InChI is InChI=1S/C27H24ClN3O4/c28-17-13-14-23(32)21(16-17)29-24(33)12-2-1-7-15-30-25-18-8-3-4-9-19(18)27(35)31(25)22-11-6-5-10-20(22)26(30)34/h3-6,8-11,13-14,16,25,32H,1-2,7,12,15H2,(H,29,33)/t25-/m0/s1. The van der Waals surface area contributed by atoms with Crippen LogP contribution in [0, 0.1) is 0 Å². The highest BCUT2D eigenvalue weighted by Crippen LogP contribution is 2.45. The number of carbonyl (C=O) groups excluding carboxylic acids is 3. The van der Waals surface area contributed by atoms with Gasteiger partial charge >= 0.3 is 0 Å². The van der Waals surface area contributed by atoms with Crippen LogP contribution < -0.4 is 10.2 Å². The highest BCUT2D eigenvalue weighted by atomic mass is 35.5. The summed E-state index contributed by atoms with van der Waals surface area (Å²) in [6.45, 7) is 0.465. The minimum absolute atomic E-state index is 0.0393. The lowest BCUT2D eigenvalue weighted by molar-refractivity contribution is -0.116. The zero-order chi connectivity index (χ0) is 24.5. The topological polar surface area (TPSA) is 90.0 Å². The fourth-order valence-corrected chi connectivity index (χ4v) is 4.94. The molecule has 0 unspecified atom stereocenters. The van der Waals surface area contributed by atoms with Crippen LogP contribution in [-0.2, 0) is 4.79 Å². The van der Waals surface area contributed by atoms with Gasteiger partial charge in [0, 0.05) is 29.1 Å². The van der Waals surface area contributed by atoms with E-state index in [9.17, 15) is 19.5 Å². The van der Waals surface area contributed by atoms with Crippen LogP contribution in [0.1, 0.15) is 58.1 Å². The van der Waals surface area contributed by atoms with Gasteiger partial charge in [-0.3, -0.25) is 19.3 Å². The molecule has 3 aromatic carbocycles. The Morgan fingerprint density at radius 1 is 0.914 bits per heavy atom. The van der Waals surface area contributed by atoms with Crippen molar-refractivity contribution in [3.8, 4) is 5.75 Å². The first-order valence-corrected chi connectivity index (χ1v) is 11.9. The van der Waals surface area contributed by atoms with Crippen LogP contribution in [0.2, 0.25) is 5.02 Å². The molecule has 0 saturated carbocycles. The lowest BCUT2D eigenvalue weighted by atomic mass is 10.0. The van der Waals surface area contributed by atoms with Gasteiger partial charge < -0.3 is 15.3 Å². The third kappa shape index (κ3) is 4.23. The smallest absolute Gasteiger partial charge is 0.260 e. The summed E-state index contributed by atoms with van der Waals surface area (Å²) in [7, 11) is 0. The normalized spacial score (nSPS) is 16.1. The lowest BCUT2D eigenvalue weighted by Gasteiger charge is -2.41. The van der Waals surface area contributed by atoms with Crippen molar-refractivity contribution in [1.29, 1.82) is 0 Å². The van der Waals surface area contributed by atoms with Gasteiger partial charge in [0.2, 0.25) is 5.91 Å². The molecule has 3 aromatic rings. The molecule has 0 fully saturated rings. The van der Waals surface area contributed by atoms with E-state index in [0.29, 0.717) is 41.2 Å². The molecule has 2 aliphatic rings. The number of phenolic OH excluding ortho intramolecular Hbond substituents is 1. The van der Waals surface area contributed by atoms with Gasteiger partial charge in [-0.25, -0.2) is 0 Å². The number of aromatic hydroxyl groups is 1. The number of rotatable bonds is 7. The Morgan fingerprint density at radius 3 is 2.49 bits per heavy atom. The van der Waals surface area contributed by atoms with E-state index in [1.165, 1.54) is 12.1 Å². The van der Waals surface area contributed by atoms with Crippen molar-refractivity contribution >= 4 is 40.7 Å². The molecule has 2 heterocycles. The molecule has 1 atom stereocenters. The monoisotopic (exact) mass is 489 g/mol. The van der Waals surface area contributed by atoms with E-state index in [0.717, 1.165) is 12.0 Å². The SMILES string of the molecule is O=C(CCCCCN1C(=O)c2ccccc2N2C(=O)c3ccccc3[C@@H]12)Nc1cc(Cl)ccc1O. The molecule has 0 saturated heterocycles. The van der Waals surface area contributed by atoms with Crippen molar-refractivity contribution in [2.24, 2.45) is 0 Å². The van der Waals surface area contributed by atoms with Gasteiger partial charge in [-0.1, -0.05) is 48.4 Å². The van der Waals surface area contributed by atoms with Crippen LogP contribution >= 0.6 is 11.6 Å². The van der Waals surface area contributed by atoms with Crippen molar-refractivity contribution in [2.75, 3.05) is 16.8 Å². The summed E-state index contributed by atoms with van der Waals surface area (Å²) in [5, 5.41) is 13.0. The van der Waals surface area contributed by atoms with Gasteiger partial charge in [0.25, 0.3) is 11.8 Å². The minimum Gasteiger partial charge on any atom is -0.506 e.